The number of guanidine groups is 1. The molecule has 120 valence electrons. The van der Waals surface area contributed by atoms with E-state index in [0.29, 0.717) is 17.1 Å². The van der Waals surface area contributed by atoms with E-state index in [1.165, 1.54) is 4.90 Å². The number of hydrogen-bond acceptors (Lipinski definition) is 4. The Labute approximate surface area is 134 Å². The molecular weight excluding hydrogens is 294 g/mol. The molecule has 2 aromatic carbocycles. The lowest BCUT2D eigenvalue weighted by atomic mass is 10.2. The van der Waals surface area contributed by atoms with Crippen molar-refractivity contribution in [2.45, 2.75) is 0 Å². The summed E-state index contributed by atoms with van der Waals surface area (Å²) in [4.78, 5) is 13.6. The number of rotatable bonds is 6. The monoisotopic (exact) mass is 313 g/mol. The number of carbonyl (C=O) groups excluding carboxylic acids is 1. The Morgan fingerprint density at radius 3 is 2.30 bits per heavy atom. The quantitative estimate of drug-likeness (QED) is 0.631. The van der Waals surface area contributed by atoms with Gasteiger partial charge < -0.3 is 15.2 Å². The second-order valence-corrected chi connectivity index (χ2v) is 4.73. The second-order valence-electron chi connectivity index (χ2n) is 4.73. The van der Waals surface area contributed by atoms with E-state index in [9.17, 15) is 4.79 Å². The van der Waals surface area contributed by atoms with Crippen molar-refractivity contribution in [2.75, 3.05) is 20.3 Å². The zero-order chi connectivity index (χ0) is 16.7. The van der Waals surface area contributed by atoms with Gasteiger partial charge in [-0.25, -0.2) is 0 Å². The van der Waals surface area contributed by atoms with Gasteiger partial charge in [-0.1, -0.05) is 18.2 Å². The summed E-state index contributed by atoms with van der Waals surface area (Å²) in [5, 5.41) is 7.60. The summed E-state index contributed by atoms with van der Waals surface area (Å²) in [5.74, 6) is 0.690. The molecule has 0 bridgehead atoms. The fourth-order valence-electron chi connectivity index (χ4n) is 1.99. The molecule has 0 aliphatic heterocycles. The fourth-order valence-corrected chi connectivity index (χ4v) is 1.99. The fraction of sp³-hybridized carbons (Fsp3) is 0.176. The Bertz CT molecular complexity index is 657. The molecule has 0 saturated heterocycles. The van der Waals surface area contributed by atoms with Gasteiger partial charge in [0.25, 0.3) is 5.91 Å². The summed E-state index contributed by atoms with van der Waals surface area (Å²) in [6.07, 6.45) is 0. The zero-order valence-corrected chi connectivity index (χ0v) is 12.9. The largest absolute Gasteiger partial charge is 0.497 e. The Morgan fingerprint density at radius 2 is 1.74 bits per heavy atom. The average molecular weight is 313 g/mol. The number of amides is 1. The molecule has 0 saturated carbocycles. The summed E-state index contributed by atoms with van der Waals surface area (Å²) in [5.41, 5.74) is 5.95. The average Bonchev–Trinajstić information content (AvgIpc) is 2.59. The highest BCUT2D eigenvalue weighted by Gasteiger charge is 2.18. The van der Waals surface area contributed by atoms with E-state index in [1.807, 2.05) is 30.3 Å². The summed E-state index contributed by atoms with van der Waals surface area (Å²) in [6, 6.07) is 15.9. The summed E-state index contributed by atoms with van der Waals surface area (Å²) in [6.45, 7) is 0.431. The van der Waals surface area contributed by atoms with Crippen molar-refractivity contribution in [2.24, 2.45) is 5.73 Å². The number of ether oxygens (including phenoxy) is 2. The summed E-state index contributed by atoms with van der Waals surface area (Å²) >= 11 is 0. The standard InChI is InChI=1S/C17H19N3O3/c1-22-14-9-7-13(8-10-14)16(21)20(17(18)19)11-12-23-15-5-3-2-4-6-15/h2-10H,11-12H2,1H3,(H3,18,19). The number of methoxy groups -OCH3 is 1. The molecule has 0 aliphatic rings. The van der Waals surface area contributed by atoms with Crippen molar-refractivity contribution >= 4 is 11.9 Å². The molecule has 0 aliphatic carbocycles. The third-order valence-electron chi connectivity index (χ3n) is 3.20. The predicted octanol–water partition coefficient (Wildman–Crippen LogP) is 2.11. The molecule has 1 amide bonds. The molecule has 2 rings (SSSR count). The highest BCUT2D eigenvalue weighted by molar-refractivity contribution is 6.04. The maximum absolute atomic E-state index is 12.4. The lowest BCUT2D eigenvalue weighted by Gasteiger charge is -2.21. The highest BCUT2D eigenvalue weighted by atomic mass is 16.5. The van der Waals surface area contributed by atoms with Gasteiger partial charge in [0.05, 0.1) is 13.7 Å². The third kappa shape index (κ3) is 4.47. The van der Waals surface area contributed by atoms with Crippen LogP contribution in [0.5, 0.6) is 11.5 Å². The van der Waals surface area contributed by atoms with Gasteiger partial charge in [-0.2, -0.15) is 0 Å². The molecular formula is C17H19N3O3. The van der Waals surface area contributed by atoms with Crippen LogP contribution in [0.2, 0.25) is 0 Å². The van der Waals surface area contributed by atoms with Crippen LogP contribution in [0.1, 0.15) is 10.4 Å². The Kier molecular flexibility index (Phi) is 5.57. The van der Waals surface area contributed by atoms with Gasteiger partial charge >= 0.3 is 0 Å². The van der Waals surface area contributed by atoms with Crippen LogP contribution in [0, 0.1) is 5.41 Å². The first-order valence-electron chi connectivity index (χ1n) is 7.09. The number of nitrogens with one attached hydrogen (secondary N) is 1. The molecule has 23 heavy (non-hydrogen) atoms. The molecule has 0 fully saturated rings. The van der Waals surface area contributed by atoms with E-state index in [2.05, 4.69) is 0 Å². The normalized spacial score (nSPS) is 9.96. The minimum Gasteiger partial charge on any atom is -0.497 e. The van der Waals surface area contributed by atoms with E-state index in [1.54, 1.807) is 31.4 Å². The summed E-state index contributed by atoms with van der Waals surface area (Å²) in [7, 11) is 1.56. The number of carbonyl (C=O) groups is 1. The van der Waals surface area contributed by atoms with E-state index >= 15 is 0 Å². The number of nitrogens with zero attached hydrogens (tertiary/aromatic N) is 1. The van der Waals surface area contributed by atoms with Crippen LogP contribution in [0.3, 0.4) is 0 Å². The van der Waals surface area contributed by atoms with Crippen LogP contribution < -0.4 is 15.2 Å². The lowest BCUT2D eigenvalue weighted by Crippen LogP contribution is -2.43. The minimum atomic E-state index is -0.350. The smallest absolute Gasteiger partial charge is 0.260 e. The van der Waals surface area contributed by atoms with Gasteiger partial charge in [-0.05, 0) is 36.4 Å². The second kappa shape index (κ2) is 7.84. The van der Waals surface area contributed by atoms with Gasteiger partial charge in [-0.15, -0.1) is 0 Å². The molecule has 6 heteroatoms. The van der Waals surface area contributed by atoms with Crippen molar-refractivity contribution in [3.8, 4) is 11.5 Å². The Morgan fingerprint density at radius 1 is 1.09 bits per heavy atom. The molecule has 2 aromatic rings. The number of hydrogen-bond donors (Lipinski definition) is 2. The first-order valence-corrected chi connectivity index (χ1v) is 7.09. The maximum atomic E-state index is 12.4. The van der Waals surface area contributed by atoms with Crippen molar-refractivity contribution in [3.63, 3.8) is 0 Å². The molecule has 0 heterocycles. The Balaban J connectivity index is 1.99. The van der Waals surface area contributed by atoms with E-state index in [4.69, 9.17) is 20.6 Å². The van der Waals surface area contributed by atoms with Crippen molar-refractivity contribution in [1.82, 2.24) is 4.90 Å². The molecule has 0 aromatic heterocycles. The van der Waals surface area contributed by atoms with Crippen LogP contribution in [0.25, 0.3) is 0 Å². The first-order chi connectivity index (χ1) is 11.1. The molecule has 0 radical (unpaired) electrons. The zero-order valence-electron chi connectivity index (χ0n) is 12.9. The lowest BCUT2D eigenvalue weighted by molar-refractivity contribution is 0.0828. The molecule has 0 unspecified atom stereocenters. The van der Waals surface area contributed by atoms with Gasteiger partial charge in [0.15, 0.2) is 5.96 Å². The predicted molar refractivity (Wildman–Crippen MR) is 87.9 cm³/mol. The molecule has 6 nitrogen and oxygen atoms in total. The van der Waals surface area contributed by atoms with Crippen molar-refractivity contribution in [1.29, 1.82) is 5.41 Å². The minimum absolute atomic E-state index is 0.190. The van der Waals surface area contributed by atoms with Crippen LogP contribution in [-0.2, 0) is 0 Å². The van der Waals surface area contributed by atoms with Gasteiger partial charge in [0, 0.05) is 5.56 Å². The van der Waals surface area contributed by atoms with Gasteiger partial charge in [0.1, 0.15) is 18.1 Å². The van der Waals surface area contributed by atoms with E-state index in [0.717, 1.165) is 0 Å². The van der Waals surface area contributed by atoms with Crippen LogP contribution in [0.4, 0.5) is 0 Å². The summed E-state index contributed by atoms with van der Waals surface area (Å²) < 4.78 is 10.6. The number of para-hydroxylation sites is 1. The number of benzene rings is 2. The van der Waals surface area contributed by atoms with Gasteiger partial charge in [0.2, 0.25) is 0 Å². The van der Waals surface area contributed by atoms with Crippen LogP contribution in [0.15, 0.2) is 54.6 Å². The van der Waals surface area contributed by atoms with Crippen molar-refractivity contribution < 1.29 is 14.3 Å². The van der Waals surface area contributed by atoms with Gasteiger partial charge in [-0.3, -0.25) is 15.1 Å². The first kappa shape index (κ1) is 16.4. The molecule has 0 spiro atoms. The maximum Gasteiger partial charge on any atom is 0.260 e. The Hall–Kier alpha value is -3.02. The topological polar surface area (TPSA) is 88.6 Å². The van der Waals surface area contributed by atoms with Crippen LogP contribution >= 0.6 is 0 Å². The molecule has 0 atom stereocenters. The van der Waals surface area contributed by atoms with Crippen LogP contribution in [-0.4, -0.2) is 37.0 Å². The third-order valence-corrected chi connectivity index (χ3v) is 3.20. The highest BCUT2D eigenvalue weighted by Crippen LogP contribution is 2.13. The SMILES string of the molecule is COc1ccc(C(=O)N(CCOc2ccccc2)C(=N)N)cc1. The van der Waals surface area contributed by atoms with Crippen molar-refractivity contribution in [3.05, 3.63) is 60.2 Å². The van der Waals surface area contributed by atoms with E-state index < -0.39 is 0 Å². The number of nitrogens with two attached hydrogens (primary N) is 1. The molecule has 3 N–H and O–H groups in total. The van der Waals surface area contributed by atoms with E-state index in [-0.39, 0.29) is 25.0 Å².